The van der Waals surface area contributed by atoms with Crippen LogP contribution in [0.3, 0.4) is 0 Å². The molecule has 0 atom stereocenters. The van der Waals surface area contributed by atoms with Crippen LogP contribution in [0.5, 0.6) is 0 Å². The molecule has 0 saturated heterocycles. The Morgan fingerprint density at radius 1 is 1.38 bits per heavy atom. The first-order valence-corrected chi connectivity index (χ1v) is 5.63. The van der Waals surface area contributed by atoms with Gasteiger partial charge in [0.15, 0.2) is 0 Å². The molecule has 1 aromatic carbocycles. The number of rotatable bonds is 6. The highest BCUT2D eigenvalue weighted by Gasteiger charge is 2.03. The van der Waals surface area contributed by atoms with Crippen molar-refractivity contribution >= 4 is 0 Å². The number of nitrogens with zero attached hydrogens (tertiary/aromatic N) is 1. The van der Waals surface area contributed by atoms with Crippen molar-refractivity contribution in [3.63, 3.8) is 0 Å². The molecule has 1 aromatic rings. The minimum absolute atomic E-state index is 0.612. The molecule has 0 fully saturated rings. The van der Waals surface area contributed by atoms with Gasteiger partial charge in [-0.3, -0.25) is 4.90 Å². The number of methoxy groups -OCH3 is 1. The van der Waals surface area contributed by atoms with E-state index >= 15 is 0 Å². The van der Waals surface area contributed by atoms with Crippen LogP contribution in [0.25, 0.3) is 0 Å². The minimum atomic E-state index is 0.612. The molecular weight excluding hydrogens is 200 g/mol. The van der Waals surface area contributed by atoms with Crippen LogP contribution in [0.15, 0.2) is 18.2 Å². The van der Waals surface area contributed by atoms with E-state index in [0.29, 0.717) is 6.54 Å². The van der Waals surface area contributed by atoms with E-state index in [0.717, 1.165) is 19.7 Å². The van der Waals surface area contributed by atoms with Crippen molar-refractivity contribution in [1.29, 1.82) is 0 Å². The molecule has 2 N–H and O–H groups in total. The van der Waals surface area contributed by atoms with Gasteiger partial charge in [-0.15, -0.1) is 0 Å². The van der Waals surface area contributed by atoms with Crippen molar-refractivity contribution in [2.24, 2.45) is 5.73 Å². The molecule has 3 heteroatoms. The van der Waals surface area contributed by atoms with Crippen LogP contribution in [0.1, 0.15) is 16.7 Å². The summed E-state index contributed by atoms with van der Waals surface area (Å²) in [6.45, 7) is 5.43. The van der Waals surface area contributed by atoms with Crippen LogP contribution in [0, 0.1) is 6.92 Å². The first kappa shape index (κ1) is 13.2. The van der Waals surface area contributed by atoms with Gasteiger partial charge in [0.05, 0.1) is 6.61 Å². The fourth-order valence-corrected chi connectivity index (χ4v) is 1.68. The molecule has 0 aliphatic rings. The Bertz CT molecular complexity index is 326. The number of likely N-dealkylation sites (N-methyl/N-ethyl adjacent to an activating group) is 1. The second kappa shape index (κ2) is 6.63. The van der Waals surface area contributed by atoms with Crippen LogP contribution in [-0.2, 0) is 17.8 Å². The van der Waals surface area contributed by atoms with Gasteiger partial charge in [-0.25, -0.2) is 0 Å². The van der Waals surface area contributed by atoms with Gasteiger partial charge in [0.2, 0.25) is 0 Å². The molecule has 0 radical (unpaired) electrons. The van der Waals surface area contributed by atoms with Crippen LogP contribution >= 0.6 is 0 Å². The molecule has 90 valence electrons. The Morgan fingerprint density at radius 2 is 2.12 bits per heavy atom. The molecule has 0 aliphatic heterocycles. The normalized spacial score (nSPS) is 11.1. The molecule has 0 bridgehead atoms. The zero-order valence-corrected chi connectivity index (χ0v) is 10.5. The zero-order chi connectivity index (χ0) is 12.0. The Kier molecular flexibility index (Phi) is 5.46. The molecule has 0 spiro atoms. The number of hydrogen-bond acceptors (Lipinski definition) is 3. The Hall–Kier alpha value is -0.900. The van der Waals surface area contributed by atoms with E-state index in [9.17, 15) is 0 Å². The molecule has 0 saturated carbocycles. The van der Waals surface area contributed by atoms with Gasteiger partial charge in [0.25, 0.3) is 0 Å². The van der Waals surface area contributed by atoms with Gasteiger partial charge in [0.1, 0.15) is 0 Å². The molecular formula is C13H22N2O. The summed E-state index contributed by atoms with van der Waals surface area (Å²) in [6, 6.07) is 6.44. The number of hydrogen-bond donors (Lipinski definition) is 1. The van der Waals surface area contributed by atoms with Crippen molar-refractivity contribution < 1.29 is 4.74 Å². The summed E-state index contributed by atoms with van der Waals surface area (Å²) in [6.07, 6.45) is 0. The smallest absolute Gasteiger partial charge is 0.0589 e. The Balaban J connectivity index is 2.59. The fourth-order valence-electron chi connectivity index (χ4n) is 1.68. The van der Waals surface area contributed by atoms with E-state index < -0.39 is 0 Å². The average Bonchev–Trinajstić information content (AvgIpc) is 2.29. The summed E-state index contributed by atoms with van der Waals surface area (Å²) in [5, 5.41) is 0. The summed E-state index contributed by atoms with van der Waals surface area (Å²) in [5.41, 5.74) is 9.47. The largest absolute Gasteiger partial charge is 0.383 e. The SMILES string of the molecule is COCCN(C)Cc1ccc(CN)cc1C. The van der Waals surface area contributed by atoms with Crippen LogP contribution < -0.4 is 5.73 Å². The quantitative estimate of drug-likeness (QED) is 0.793. The fraction of sp³-hybridized carbons (Fsp3) is 0.538. The summed E-state index contributed by atoms with van der Waals surface area (Å²) in [7, 11) is 3.84. The summed E-state index contributed by atoms with van der Waals surface area (Å²) in [4.78, 5) is 2.26. The predicted octanol–water partition coefficient (Wildman–Crippen LogP) is 1.53. The second-order valence-electron chi connectivity index (χ2n) is 4.20. The lowest BCUT2D eigenvalue weighted by molar-refractivity contribution is 0.158. The average molecular weight is 222 g/mol. The molecule has 0 aromatic heterocycles. The maximum absolute atomic E-state index is 5.61. The van der Waals surface area contributed by atoms with Crippen LogP contribution in [-0.4, -0.2) is 32.2 Å². The molecule has 0 aliphatic carbocycles. The van der Waals surface area contributed by atoms with Crippen molar-refractivity contribution in [3.8, 4) is 0 Å². The first-order chi connectivity index (χ1) is 7.67. The molecule has 0 amide bonds. The van der Waals surface area contributed by atoms with E-state index in [4.69, 9.17) is 10.5 Å². The molecule has 0 unspecified atom stereocenters. The van der Waals surface area contributed by atoms with Crippen molar-refractivity contribution in [2.45, 2.75) is 20.0 Å². The third-order valence-corrected chi connectivity index (χ3v) is 2.76. The zero-order valence-electron chi connectivity index (χ0n) is 10.5. The van der Waals surface area contributed by atoms with Crippen LogP contribution in [0.2, 0.25) is 0 Å². The molecule has 3 nitrogen and oxygen atoms in total. The highest BCUT2D eigenvalue weighted by Crippen LogP contribution is 2.12. The number of benzene rings is 1. The molecule has 0 heterocycles. The lowest BCUT2D eigenvalue weighted by Crippen LogP contribution is -2.22. The highest BCUT2D eigenvalue weighted by molar-refractivity contribution is 5.30. The Labute approximate surface area is 98.2 Å². The maximum Gasteiger partial charge on any atom is 0.0589 e. The van der Waals surface area contributed by atoms with Crippen LogP contribution in [0.4, 0.5) is 0 Å². The van der Waals surface area contributed by atoms with Gasteiger partial charge < -0.3 is 10.5 Å². The number of nitrogens with two attached hydrogens (primary N) is 1. The molecule has 1 rings (SSSR count). The topological polar surface area (TPSA) is 38.5 Å². The predicted molar refractivity (Wildman–Crippen MR) is 67.3 cm³/mol. The minimum Gasteiger partial charge on any atom is -0.383 e. The lowest BCUT2D eigenvalue weighted by Gasteiger charge is -2.17. The van der Waals surface area contributed by atoms with Gasteiger partial charge in [-0.05, 0) is 30.7 Å². The van der Waals surface area contributed by atoms with E-state index in [2.05, 4.69) is 37.1 Å². The lowest BCUT2D eigenvalue weighted by atomic mass is 10.0. The van der Waals surface area contributed by atoms with Crippen molar-refractivity contribution in [3.05, 3.63) is 34.9 Å². The van der Waals surface area contributed by atoms with Gasteiger partial charge in [0, 0.05) is 26.7 Å². The highest BCUT2D eigenvalue weighted by atomic mass is 16.5. The number of ether oxygens (including phenoxy) is 1. The summed E-state index contributed by atoms with van der Waals surface area (Å²) in [5.74, 6) is 0. The van der Waals surface area contributed by atoms with E-state index in [1.165, 1.54) is 16.7 Å². The number of aryl methyl sites for hydroxylation is 1. The van der Waals surface area contributed by atoms with Gasteiger partial charge in [-0.1, -0.05) is 18.2 Å². The van der Waals surface area contributed by atoms with Crippen molar-refractivity contribution in [2.75, 3.05) is 27.3 Å². The summed E-state index contributed by atoms with van der Waals surface area (Å²) >= 11 is 0. The molecule has 16 heavy (non-hydrogen) atoms. The standard InChI is InChI=1S/C13H22N2O/c1-11-8-12(9-14)4-5-13(11)10-15(2)6-7-16-3/h4-5,8H,6-7,9-10,14H2,1-3H3. The van der Waals surface area contributed by atoms with E-state index in [1.54, 1.807) is 7.11 Å². The van der Waals surface area contributed by atoms with Gasteiger partial charge >= 0.3 is 0 Å². The van der Waals surface area contributed by atoms with Crippen molar-refractivity contribution in [1.82, 2.24) is 4.90 Å². The maximum atomic E-state index is 5.61. The third-order valence-electron chi connectivity index (χ3n) is 2.76. The third kappa shape index (κ3) is 3.93. The van der Waals surface area contributed by atoms with E-state index in [-0.39, 0.29) is 0 Å². The second-order valence-corrected chi connectivity index (χ2v) is 4.20. The van der Waals surface area contributed by atoms with Gasteiger partial charge in [-0.2, -0.15) is 0 Å². The monoisotopic (exact) mass is 222 g/mol. The summed E-state index contributed by atoms with van der Waals surface area (Å²) < 4.78 is 5.06. The Morgan fingerprint density at radius 3 is 2.69 bits per heavy atom. The van der Waals surface area contributed by atoms with E-state index in [1.807, 2.05) is 0 Å². The first-order valence-electron chi connectivity index (χ1n) is 5.63.